The fraction of sp³-hybridized carbons (Fsp3) is 0.842. The zero-order valence-corrected chi connectivity index (χ0v) is 18.4. The van der Waals surface area contributed by atoms with E-state index in [1.807, 2.05) is 11.8 Å². The number of carboxylic acids is 1. The van der Waals surface area contributed by atoms with Crippen molar-refractivity contribution in [2.45, 2.75) is 70.6 Å². The summed E-state index contributed by atoms with van der Waals surface area (Å²) in [7, 11) is -2.33. The maximum absolute atomic E-state index is 11.6. The Balaban J connectivity index is 2.76. The Bertz CT molecular complexity index is 516. The highest BCUT2D eigenvalue weighted by Gasteiger charge is 2.47. The SMILES string of the molecule is CC(=O)OCC1CC(C(=O)O)N(CCO[Si](C(C)C)(C(C)C)C(C)C=O)C1. The summed E-state index contributed by atoms with van der Waals surface area (Å²) in [4.78, 5) is 36.0. The summed E-state index contributed by atoms with van der Waals surface area (Å²) < 4.78 is 11.5. The molecule has 0 amide bonds. The molecule has 7 nitrogen and oxygen atoms in total. The van der Waals surface area contributed by atoms with Crippen molar-refractivity contribution in [1.29, 1.82) is 0 Å². The standard InChI is InChI=1S/C19H35NO6Si/c1-13(2)27(14(3)4,15(5)11-21)26-8-7-20-10-17(12-25-16(6)22)9-18(20)19(23)24/h11,13-15,17-18H,7-10,12H2,1-6H3,(H,23,24). The van der Waals surface area contributed by atoms with E-state index in [1.165, 1.54) is 6.92 Å². The van der Waals surface area contributed by atoms with Gasteiger partial charge in [-0.25, -0.2) is 0 Å². The molecule has 0 spiro atoms. The zero-order valence-electron chi connectivity index (χ0n) is 17.4. The zero-order chi connectivity index (χ0) is 20.8. The van der Waals surface area contributed by atoms with Crippen molar-refractivity contribution < 1.29 is 28.7 Å². The molecule has 0 bridgehead atoms. The first-order valence-electron chi connectivity index (χ1n) is 9.75. The first-order chi connectivity index (χ1) is 12.6. The van der Waals surface area contributed by atoms with Gasteiger partial charge in [-0.05, 0) is 17.5 Å². The Morgan fingerprint density at radius 3 is 2.26 bits per heavy atom. The molecule has 0 aromatic heterocycles. The predicted molar refractivity (Wildman–Crippen MR) is 105 cm³/mol. The number of nitrogens with zero attached hydrogens (tertiary/aromatic N) is 1. The van der Waals surface area contributed by atoms with Crippen molar-refractivity contribution >= 4 is 26.5 Å². The molecule has 3 atom stereocenters. The molecule has 1 aliphatic heterocycles. The lowest BCUT2D eigenvalue weighted by molar-refractivity contribution is -0.142. The quantitative estimate of drug-likeness (QED) is 0.323. The lowest BCUT2D eigenvalue weighted by Gasteiger charge is -2.41. The van der Waals surface area contributed by atoms with E-state index >= 15 is 0 Å². The molecular weight excluding hydrogens is 366 g/mol. The van der Waals surface area contributed by atoms with Gasteiger partial charge in [0.15, 0.2) is 0 Å². The molecule has 1 aliphatic rings. The Hall–Kier alpha value is -1.25. The van der Waals surface area contributed by atoms with Gasteiger partial charge in [0.25, 0.3) is 0 Å². The van der Waals surface area contributed by atoms with Gasteiger partial charge in [-0.1, -0.05) is 34.6 Å². The molecular formula is C19H35NO6Si. The second-order valence-electron chi connectivity index (χ2n) is 8.19. The van der Waals surface area contributed by atoms with E-state index in [9.17, 15) is 19.5 Å². The molecule has 3 unspecified atom stereocenters. The average molecular weight is 402 g/mol. The number of carbonyl (C=O) groups is 3. The third-order valence-electron chi connectivity index (χ3n) is 5.75. The molecule has 0 radical (unpaired) electrons. The topological polar surface area (TPSA) is 93.1 Å². The number of hydrogen-bond donors (Lipinski definition) is 1. The molecule has 0 aliphatic carbocycles. The van der Waals surface area contributed by atoms with Crippen LogP contribution in [-0.2, 0) is 23.5 Å². The smallest absolute Gasteiger partial charge is 0.320 e. The van der Waals surface area contributed by atoms with Crippen LogP contribution >= 0.6 is 0 Å². The number of rotatable bonds is 11. The highest BCUT2D eigenvalue weighted by Crippen LogP contribution is 2.41. The lowest BCUT2D eigenvalue weighted by Crippen LogP contribution is -2.50. The molecule has 1 rings (SSSR count). The number of likely N-dealkylation sites (tertiary alicyclic amines) is 1. The first-order valence-corrected chi connectivity index (χ1v) is 11.9. The van der Waals surface area contributed by atoms with Gasteiger partial charge in [0.05, 0.1) is 6.61 Å². The van der Waals surface area contributed by atoms with Gasteiger partial charge in [0, 0.05) is 38.1 Å². The molecule has 156 valence electrons. The summed E-state index contributed by atoms with van der Waals surface area (Å²) in [6, 6.07) is -0.591. The van der Waals surface area contributed by atoms with Crippen LogP contribution in [0.4, 0.5) is 0 Å². The van der Waals surface area contributed by atoms with E-state index in [1.54, 1.807) is 0 Å². The second kappa shape index (κ2) is 10.3. The van der Waals surface area contributed by atoms with E-state index in [2.05, 4.69) is 27.7 Å². The maximum Gasteiger partial charge on any atom is 0.320 e. The fourth-order valence-corrected chi connectivity index (χ4v) is 9.51. The Labute approximate surface area is 163 Å². The van der Waals surface area contributed by atoms with Crippen LogP contribution in [-0.4, -0.2) is 68.9 Å². The summed E-state index contributed by atoms with van der Waals surface area (Å²) in [5.74, 6) is -1.20. The number of carbonyl (C=O) groups excluding carboxylic acids is 2. The van der Waals surface area contributed by atoms with Gasteiger partial charge >= 0.3 is 11.9 Å². The van der Waals surface area contributed by atoms with Crippen molar-refractivity contribution in [3.63, 3.8) is 0 Å². The van der Waals surface area contributed by atoms with Crippen LogP contribution in [0.15, 0.2) is 0 Å². The number of aldehydes is 1. The van der Waals surface area contributed by atoms with Gasteiger partial charge in [0.1, 0.15) is 12.3 Å². The highest BCUT2D eigenvalue weighted by molar-refractivity contribution is 6.80. The summed E-state index contributed by atoms with van der Waals surface area (Å²) in [6.45, 7) is 13.4. The Morgan fingerprint density at radius 1 is 1.22 bits per heavy atom. The lowest BCUT2D eigenvalue weighted by atomic mass is 10.1. The van der Waals surface area contributed by atoms with Crippen molar-refractivity contribution in [3.8, 4) is 0 Å². The van der Waals surface area contributed by atoms with E-state index in [0.29, 0.717) is 26.1 Å². The monoisotopic (exact) mass is 401 g/mol. The van der Waals surface area contributed by atoms with Crippen LogP contribution in [0.1, 0.15) is 48.0 Å². The van der Waals surface area contributed by atoms with Crippen LogP contribution < -0.4 is 0 Å². The summed E-state index contributed by atoms with van der Waals surface area (Å²) >= 11 is 0. The molecule has 27 heavy (non-hydrogen) atoms. The molecule has 0 aromatic rings. The van der Waals surface area contributed by atoms with Crippen molar-refractivity contribution in [2.75, 3.05) is 26.3 Å². The largest absolute Gasteiger partial charge is 0.480 e. The summed E-state index contributed by atoms with van der Waals surface area (Å²) in [5, 5.41) is 9.51. The van der Waals surface area contributed by atoms with Crippen molar-refractivity contribution in [2.24, 2.45) is 5.92 Å². The number of esters is 1. The van der Waals surface area contributed by atoms with Crippen LogP contribution in [0.3, 0.4) is 0 Å². The maximum atomic E-state index is 11.6. The molecule has 1 N–H and O–H groups in total. The van der Waals surface area contributed by atoms with Gasteiger partial charge in [0.2, 0.25) is 8.32 Å². The average Bonchev–Trinajstić information content (AvgIpc) is 2.99. The fourth-order valence-electron chi connectivity index (χ4n) is 4.49. The molecule has 1 heterocycles. The first kappa shape index (κ1) is 23.8. The minimum absolute atomic E-state index is 0.0149. The second-order valence-corrected chi connectivity index (χ2v) is 13.4. The third-order valence-corrected chi connectivity index (χ3v) is 11.6. The number of carboxylic acid groups (broad SMARTS) is 1. The number of hydrogen-bond acceptors (Lipinski definition) is 6. The van der Waals surface area contributed by atoms with E-state index in [0.717, 1.165) is 6.29 Å². The van der Waals surface area contributed by atoms with Crippen LogP contribution in [0.25, 0.3) is 0 Å². The van der Waals surface area contributed by atoms with Crippen molar-refractivity contribution in [3.05, 3.63) is 0 Å². The molecule has 1 saturated heterocycles. The van der Waals surface area contributed by atoms with Crippen molar-refractivity contribution in [1.82, 2.24) is 4.90 Å². The van der Waals surface area contributed by atoms with Gasteiger partial charge in [-0.3, -0.25) is 14.5 Å². The third kappa shape index (κ3) is 5.86. The predicted octanol–water partition coefficient (Wildman–Crippen LogP) is 2.70. The minimum Gasteiger partial charge on any atom is -0.480 e. The Kier molecular flexibility index (Phi) is 9.10. The molecule has 8 heteroatoms. The van der Waals surface area contributed by atoms with Crippen LogP contribution in [0.2, 0.25) is 16.6 Å². The van der Waals surface area contributed by atoms with Gasteiger partial charge in [-0.2, -0.15) is 0 Å². The summed E-state index contributed by atoms with van der Waals surface area (Å²) in [5.41, 5.74) is 0.439. The molecule has 0 aromatic carbocycles. The number of aliphatic carboxylic acids is 1. The summed E-state index contributed by atoms with van der Waals surface area (Å²) in [6.07, 6.45) is 1.46. The van der Waals surface area contributed by atoms with Gasteiger partial charge < -0.3 is 19.1 Å². The van der Waals surface area contributed by atoms with E-state index in [4.69, 9.17) is 9.16 Å². The van der Waals surface area contributed by atoms with Crippen LogP contribution in [0.5, 0.6) is 0 Å². The normalized spacial score (nSPS) is 22.2. The van der Waals surface area contributed by atoms with Gasteiger partial charge in [-0.15, -0.1) is 0 Å². The molecule has 0 saturated carbocycles. The Morgan fingerprint density at radius 2 is 1.81 bits per heavy atom. The van der Waals surface area contributed by atoms with E-state index < -0.39 is 20.3 Å². The van der Waals surface area contributed by atoms with Crippen LogP contribution in [0, 0.1) is 5.92 Å². The van der Waals surface area contributed by atoms with E-state index in [-0.39, 0.29) is 35.1 Å². The number of ether oxygens (including phenoxy) is 1. The molecule has 1 fully saturated rings. The highest BCUT2D eigenvalue weighted by atomic mass is 28.4. The minimum atomic E-state index is -2.33.